The first kappa shape index (κ1) is 12.4. The molecule has 3 aliphatic heterocycles. The van der Waals surface area contributed by atoms with Gasteiger partial charge in [-0.15, -0.1) is 0 Å². The summed E-state index contributed by atoms with van der Waals surface area (Å²) in [5, 5.41) is 1.13. The van der Waals surface area contributed by atoms with Crippen molar-refractivity contribution in [1.82, 2.24) is 0 Å². The van der Waals surface area contributed by atoms with Crippen LogP contribution in [0, 0.1) is 0 Å². The molecule has 0 aromatic heterocycles. The number of hydrogen-bond acceptors (Lipinski definition) is 4. The molecule has 3 aliphatic rings. The first-order valence-corrected chi connectivity index (χ1v) is 8.35. The zero-order valence-corrected chi connectivity index (χ0v) is 12.5. The molecule has 5 heteroatoms. The van der Waals surface area contributed by atoms with Gasteiger partial charge in [0.1, 0.15) is 0 Å². The van der Waals surface area contributed by atoms with Gasteiger partial charge >= 0.3 is 108 Å². The van der Waals surface area contributed by atoms with Crippen molar-refractivity contribution in [2.24, 2.45) is 0 Å². The molecule has 3 fully saturated rings. The fourth-order valence-electron chi connectivity index (χ4n) is 2.77. The molecule has 0 N–H and O–H groups in total. The SMILES string of the molecule is CC1(C)OC[C@@H]([C@@H]2[Se]C[C@H]3OC(C)(C)O[C@@H]23)O1. The zero-order valence-electron chi connectivity index (χ0n) is 10.8. The molecule has 0 bridgehead atoms. The van der Waals surface area contributed by atoms with Crippen molar-refractivity contribution in [2.75, 3.05) is 6.61 Å². The molecular formula is C12H20O4Se. The Balaban J connectivity index is 1.70. The van der Waals surface area contributed by atoms with Crippen LogP contribution in [0.2, 0.25) is 10.1 Å². The van der Waals surface area contributed by atoms with Crippen molar-refractivity contribution >= 4 is 15.0 Å². The van der Waals surface area contributed by atoms with Crippen LogP contribution >= 0.6 is 0 Å². The van der Waals surface area contributed by atoms with E-state index >= 15 is 0 Å². The average Bonchev–Trinajstić information content (AvgIpc) is 2.77. The molecule has 3 saturated heterocycles. The van der Waals surface area contributed by atoms with E-state index in [1.807, 2.05) is 27.7 Å². The summed E-state index contributed by atoms with van der Waals surface area (Å²) in [6.07, 6.45) is 0.646. The first-order valence-electron chi connectivity index (χ1n) is 6.15. The Kier molecular flexibility index (Phi) is 2.86. The van der Waals surface area contributed by atoms with E-state index in [1.165, 1.54) is 0 Å². The Morgan fingerprint density at radius 2 is 1.65 bits per heavy atom. The minimum atomic E-state index is -0.437. The van der Waals surface area contributed by atoms with Crippen LogP contribution in [0.5, 0.6) is 0 Å². The quantitative estimate of drug-likeness (QED) is 0.689. The summed E-state index contributed by atoms with van der Waals surface area (Å²) in [5.74, 6) is -0.868. The fraction of sp³-hybridized carbons (Fsp3) is 1.00. The van der Waals surface area contributed by atoms with Gasteiger partial charge in [-0.3, -0.25) is 0 Å². The summed E-state index contributed by atoms with van der Waals surface area (Å²) in [7, 11) is 0. The molecule has 0 aliphatic carbocycles. The third-order valence-electron chi connectivity index (χ3n) is 3.40. The normalized spacial score (nSPS) is 47.3. The van der Waals surface area contributed by atoms with Gasteiger partial charge in [0, 0.05) is 0 Å². The summed E-state index contributed by atoms with van der Waals surface area (Å²) in [6, 6.07) is 0. The molecule has 0 saturated carbocycles. The summed E-state index contributed by atoms with van der Waals surface area (Å²) in [4.78, 5) is 0.469. The van der Waals surface area contributed by atoms with E-state index < -0.39 is 11.6 Å². The van der Waals surface area contributed by atoms with Crippen LogP contribution in [0.1, 0.15) is 27.7 Å². The van der Waals surface area contributed by atoms with Gasteiger partial charge in [-0.2, -0.15) is 0 Å². The first-order chi connectivity index (χ1) is 7.86. The predicted molar refractivity (Wildman–Crippen MR) is 63.0 cm³/mol. The van der Waals surface area contributed by atoms with Crippen molar-refractivity contribution in [3.8, 4) is 0 Å². The van der Waals surface area contributed by atoms with E-state index in [0.29, 0.717) is 26.4 Å². The molecule has 17 heavy (non-hydrogen) atoms. The van der Waals surface area contributed by atoms with Crippen molar-refractivity contribution in [1.29, 1.82) is 0 Å². The Morgan fingerprint density at radius 1 is 0.941 bits per heavy atom. The molecule has 98 valence electrons. The zero-order chi connectivity index (χ0) is 12.3. The number of ether oxygens (including phenoxy) is 4. The van der Waals surface area contributed by atoms with Gasteiger partial charge in [0.2, 0.25) is 0 Å². The number of hydrogen-bond donors (Lipinski definition) is 0. The van der Waals surface area contributed by atoms with E-state index in [4.69, 9.17) is 18.9 Å². The van der Waals surface area contributed by atoms with Crippen LogP contribution in [0.25, 0.3) is 0 Å². The van der Waals surface area contributed by atoms with E-state index in [-0.39, 0.29) is 18.3 Å². The predicted octanol–water partition coefficient (Wildman–Crippen LogP) is 1.58. The van der Waals surface area contributed by atoms with Gasteiger partial charge in [-0.25, -0.2) is 0 Å². The van der Waals surface area contributed by atoms with Crippen LogP contribution in [-0.4, -0.2) is 51.4 Å². The fourth-order valence-corrected chi connectivity index (χ4v) is 5.79. The van der Waals surface area contributed by atoms with Crippen LogP contribution in [0.4, 0.5) is 0 Å². The monoisotopic (exact) mass is 308 g/mol. The Hall–Kier alpha value is 0.359. The second-order valence-electron chi connectivity index (χ2n) is 5.80. The molecule has 4 nitrogen and oxygen atoms in total. The average molecular weight is 307 g/mol. The van der Waals surface area contributed by atoms with Crippen molar-refractivity contribution in [2.45, 2.75) is 67.7 Å². The van der Waals surface area contributed by atoms with E-state index in [0.717, 1.165) is 5.32 Å². The van der Waals surface area contributed by atoms with Gasteiger partial charge in [0.25, 0.3) is 0 Å². The maximum atomic E-state index is 6.02. The van der Waals surface area contributed by atoms with E-state index in [2.05, 4.69) is 0 Å². The third kappa shape index (κ3) is 2.29. The maximum absolute atomic E-state index is 6.02. The van der Waals surface area contributed by atoms with Gasteiger partial charge in [-0.05, 0) is 0 Å². The number of fused-ring (bicyclic) bond motifs is 1. The van der Waals surface area contributed by atoms with Crippen LogP contribution in [0.3, 0.4) is 0 Å². The second kappa shape index (κ2) is 3.92. The van der Waals surface area contributed by atoms with E-state index in [1.54, 1.807) is 0 Å². The van der Waals surface area contributed by atoms with Gasteiger partial charge < -0.3 is 0 Å². The topological polar surface area (TPSA) is 36.9 Å². The summed E-state index contributed by atoms with van der Waals surface area (Å²) in [6.45, 7) is 8.62. The van der Waals surface area contributed by atoms with Gasteiger partial charge in [0.15, 0.2) is 0 Å². The van der Waals surface area contributed by atoms with Crippen LogP contribution in [0.15, 0.2) is 0 Å². The van der Waals surface area contributed by atoms with Crippen molar-refractivity contribution in [3.05, 3.63) is 0 Å². The van der Waals surface area contributed by atoms with Crippen LogP contribution in [-0.2, 0) is 18.9 Å². The molecule has 0 spiro atoms. The molecule has 0 aromatic rings. The molecule has 0 unspecified atom stereocenters. The molecule has 4 atom stereocenters. The summed E-state index contributed by atoms with van der Waals surface area (Å²) >= 11 is 0.528. The van der Waals surface area contributed by atoms with Gasteiger partial charge in [-0.1, -0.05) is 0 Å². The Labute approximate surface area is 108 Å². The van der Waals surface area contributed by atoms with Crippen LogP contribution < -0.4 is 0 Å². The molecule has 3 heterocycles. The molecular weight excluding hydrogens is 287 g/mol. The molecule has 3 rings (SSSR count). The Bertz CT molecular complexity index is 318. The summed E-state index contributed by atoms with van der Waals surface area (Å²) < 4.78 is 23.6. The molecule has 0 amide bonds. The molecule has 0 aromatic carbocycles. The van der Waals surface area contributed by atoms with E-state index in [9.17, 15) is 0 Å². The van der Waals surface area contributed by atoms with Gasteiger partial charge in [0.05, 0.1) is 0 Å². The standard InChI is InChI=1S/C12H20O4Se/c1-11(2)13-5-7(14-11)10-9-8(6-17-10)15-12(3,4)16-9/h7-10H,5-6H2,1-4H3/t7-,8+,9+,10-/m0/s1. The number of rotatable bonds is 1. The minimum absolute atomic E-state index is 0.178. The third-order valence-corrected chi connectivity index (χ3v) is 6.50. The summed E-state index contributed by atoms with van der Waals surface area (Å²) in [5.41, 5.74) is 0. The Morgan fingerprint density at radius 3 is 2.29 bits per heavy atom. The second-order valence-corrected chi connectivity index (χ2v) is 8.34. The van der Waals surface area contributed by atoms with Crippen molar-refractivity contribution < 1.29 is 18.9 Å². The molecule has 0 radical (unpaired) electrons. The van der Waals surface area contributed by atoms with Crippen molar-refractivity contribution in [3.63, 3.8) is 0 Å².